The van der Waals surface area contributed by atoms with Crippen molar-refractivity contribution in [3.05, 3.63) is 29.3 Å². The predicted octanol–water partition coefficient (Wildman–Crippen LogP) is 1.62. The van der Waals surface area contributed by atoms with Gasteiger partial charge < -0.3 is 20.7 Å². The number of oxime groups is 1. The first-order valence-electron chi connectivity index (χ1n) is 7.03. The van der Waals surface area contributed by atoms with Crippen LogP contribution in [0.4, 0.5) is 5.69 Å². The van der Waals surface area contributed by atoms with Gasteiger partial charge in [-0.15, -0.1) is 0 Å². The van der Waals surface area contributed by atoms with E-state index in [2.05, 4.69) is 35.1 Å². The summed E-state index contributed by atoms with van der Waals surface area (Å²) in [6.07, 6.45) is 2.38. The molecule has 0 unspecified atom stereocenters. The maximum Gasteiger partial charge on any atom is 0.170 e. The molecular formula is C15H24N4O. The number of anilines is 1. The van der Waals surface area contributed by atoms with Crippen LogP contribution in [0.25, 0.3) is 0 Å². The number of likely N-dealkylation sites (tertiary alicyclic amines) is 1. The van der Waals surface area contributed by atoms with E-state index in [-0.39, 0.29) is 5.84 Å². The number of nitrogens with zero attached hydrogens (tertiary/aromatic N) is 3. The Bertz CT molecular complexity index is 493. The van der Waals surface area contributed by atoms with Gasteiger partial charge in [-0.05, 0) is 63.7 Å². The summed E-state index contributed by atoms with van der Waals surface area (Å²) in [7, 11) is 4.32. The van der Waals surface area contributed by atoms with Crippen LogP contribution in [0.2, 0.25) is 0 Å². The lowest BCUT2D eigenvalue weighted by molar-refractivity contribution is 0.253. The highest BCUT2D eigenvalue weighted by atomic mass is 16.4. The monoisotopic (exact) mass is 276 g/mol. The van der Waals surface area contributed by atoms with Gasteiger partial charge in [0.25, 0.3) is 0 Å². The maximum atomic E-state index is 8.77. The number of benzene rings is 1. The molecule has 0 spiro atoms. The summed E-state index contributed by atoms with van der Waals surface area (Å²) < 4.78 is 0. The van der Waals surface area contributed by atoms with Crippen molar-refractivity contribution in [2.24, 2.45) is 10.9 Å². The molecule has 1 aliphatic heterocycles. The normalized spacial score (nSPS) is 18.2. The average Bonchev–Trinajstić information content (AvgIpc) is 2.46. The van der Waals surface area contributed by atoms with Gasteiger partial charge >= 0.3 is 0 Å². The van der Waals surface area contributed by atoms with E-state index in [1.165, 1.54) is 18.5 Å². The van der Waals surface area contributed by atoms with Crippen molar-refractivity contribution in [2.45, 2.75) is 25.8 Å². The Morgan fingerprint density at radius 3 is 2.60 bits per heavy atom. The summed E-state index contributed by atoms with van der Waals surface area (Å²) in [5.74, 6) is 0.163. The Morgan fingerprint density at radius 2 is 2.05 bits per heavy atom. The van der Waals surface area contributed by atoms with Crippen LogP contribution in [-0.4, -0.2) is 49.2 Å². The molecule has 5 heteroatoms. The summed E-state index contributed by atoms with van der Waals surface area (Å²) >= 11 is 0. The molecule has 1 saturated heterocycles. The zero-order valence-electron chi connectivity index (χ0n) is 12.5. The third kappa shape index (κ3) is 3.04. The lowest BCUT2D eigenvalue weighted by atomic mass is 10.0. The highest BCUT2D eigenvalue weighted by Crippen LogP contribution is 2.24. The molecule has 0 aromatic heterocycles. The lowest BCUT2D eigenvalue weighted by Crippen LogP contribution is -2.42. The summed E-state index contributed by atoms with van der Waals surface area (Å²) in [6.45, 7) is 4.28. The molecule has 1 aromatic rings. The molecule has 110 valence electrons. The lowest BCUT2D eigenvalue weighted by Gasteiger charge is -2.36. The number of hydrogen-bond donors (Lipinski definition) is 2. The molecule has 0 radical (unpaired) electrons. The Hall–Kier alpha value is -1.75. The van der Waals surface area contributed by atoms with Gasteiger partial charge in [0, 0.05) is 24.3 Å². The smallest absolute Gasteiger partial charge is 0.170 e. The second-order valence-electron chi connectivity index (χ2n) is 5.63. The first kappa shape index (κ1) is 14.7. The molecule has 1 fully saturated rings. The van der Waals surface area contributed by atoms with Crippen molar-refractivity contribution in [1.29, 1.82) is 0 Å². The van der Waals surface area contributed by atoms with Crippen LogP contribution < -0.4 is 10.6 Å². The fourth-order valence-corrected chi connectivity index (χ4v) is 2.80. The third-order valence-corrected chi connectivity index (χ3v) is 4.24. The highest BCUT2D eigenvalue weighted by molar-refractivity contribution is 5.98. The predicted molar refractivity (Wildman–Crippen MR) is 82.6 cm³/mol. The third-order valence-electron chi connectivity index (χ3n) is 4.24. The van der Waals surface area contributed by atoms with Gasteiger partial charge in [0.15, 0.2) is 5.84 Å². The van der Waals surface area contributed by atoms with Crippen molar-refractivity contribution >= 4 is 11.5 Å². The van der Waals surface area contributed by atoms with Crippen LogP contribution in [0.15, 0.2) is 23.4 Å². The first-order valence-corrected chi connectivity index (χ1v) is 7.03. The molecule has 0 amide bonds. The number of hydrogen-bond acceptors (Lipinski definition) is 4. The quantitative estimate of drug-likeness (QED) is 0.381. The maximum absolute atomic E-state index is 8.77. The molecule has 0 aliphatic carbocycles. The number of nitrogens with two attached hydrogens (primary N) is 1. The minimum atomic E-state index is 0.163. The van der Waals surface area contributed by atoms with Crippen LogP contribution in [0, 0.1) is 6.92 Å². The molecule has 1 aromatic carbocycles. The number of amidine groups is 1. The van der Waals surface area contributed by atoms with Crippen LogP contribution in [0.5, 0.6) is 0 Å². The highest BCUT2D eigenvalue weighted by Gasteiger charge is 2.21. The van der Waals surface area contributed by atoms with Gasteiger partial charge in [-0.1, -0.05) is 5.16 Å². The topological polar surface area (TPSA) is 65.1 Å². The van der Waals surface area contributed by atoms with Gasteiger partial charge in [-0.25, -0.2) is 0 Å². The molecule has 0 atom stereocenters. The van der Waals surface area contributed by atoms with Gasteiger partial charge in [0.1, 0.15) is 0 Å². The molecule has 5 nitrogen and oxygen atoms in total. The number of piperidine rings is 1. The molecule has 0 bridgehead atoms. The van der Waals surface area contributed by atoms with Crippen molar-refractivity contribution in [2.75, 3.05) is 32.1 Å². The Morgan fingerprint density at radius 1 is 1.40 bits per heavy atom. The van der Waals surface area contributed by atoms with Crippen LogP contribution in [0.1, 0.15) is 24.0 Å². The molecule has 1 aliphatic rings. The largest absolute Gasteiger partial charge is 0.409 e. The van der Waals surface area contributed by atoms with Crippen molar-refractivity contribution in [3.63, 3.8) is 0 Å². The summed E-state index contributed by atoms with van der Waals surface area (Å²) in [5.41, 5.74) is 8.66. The first-order chi connectivity index (χ1) is 9.52. The SMILES string of the molecule is Cc1cc(N(C)C2CCN(C)CC2)ccc1/C(N)=N/O. The Balaban J connectivity index is 2.15. The van der Waals surface area contributed by atoms with E-state index in [0.717, 1.165) is 24.2 Å². The number of aryl methyl sites for hydroxylation is 1. The van der Waals surface area contributed by atoms with Crippen LogP contribution >= 0.6 is 0 Å². The minimum absolute atomic E-state index is 0.163. The summed E-state index contributed by atoms with van der Waals surface area (Å²) in [6, 6.07) is 6.65. The Labute approximate surface area is 120 Å². The standard InChI is InChI=1S/C15H24N4O/c1-11-10-13(4-5-14(11)15(16)17-20)19(3)12-6-8-18(2)9-7-12/h4-5,10,12,20H,6-9H2,1-3H3,(H2,16,17). The van der Waals surface area contributed by atoms with Crippen LogP contribution in [-0.2, 0) is 0 Å². The van der Waals surface area contributed by atoms with E-state index in [4.69, 9.17) is 10.9 Å². The van der Waals surface area contributed by atoms with E-state index in [9.17, 15) is 0 Å². The second kappa shape index (κ2) is 6.13. The van der Waals surface area contributed by atoms with E-state index >= 15 is 0 Å². The molecule has 2 rings (SSSR count). The second-order valence-corrected chi connectivity index (χ2v) is 5.63. The fourth-order valence-electron chi connectivity index (χ4n) is 2.80. The van der Waals surface area contributed by atoms with E-state index < -0.39 is 0 Å². The van der Waals surface area contributed by atoms with Crippen molar-refractivity contribution < 1.29 is 5.21 Å². The molecule has 1 heterocycles. The van der Waals surface area contributed by atoms with Gasteiger partial charge in [0.05, 0.1) is 0 Å². The average molecular weight is 276 g/mol. The zero-order valence-corrected chi connectivity index (χ0v) is 12.5. The van der Waals surface area contributed by atoms with Gasteiger partial charge in [-0.3, -0.25) is 0 Å². The van der Waals surface area contributed by atoms with Crippen LogP contribution in [0.3, 0.4) is 0 Å². The van der Waals surface area contributed by atoms with E-state index in [1.807, 2.05) is 19.1 Å². The molecule has 0 saturated carbocycles. The zero-order chi connectivity index (χ0) is 14.7. The van der Waals surface area contributed by atoms with E-state index in [1.54, 1.807) is 0 Å². The molecular weight excluding hydrogens is 252 g/mol. The number of rotatable bonds is 3. The van der Waals surface area contributed by atoms with Gasteiger partial charge in [-0.2, -0.15) is 0 Å². The molecule has 3 N–H and O–H groups in total. The van der Waals surface area contributed by atoms with Crippen molar-refractivity contribution in [1.82, 2.24) is 4.90 Å². The fraction of sp³-hybridized carbons (Fsp3) is 0.533. The minimum Gasteiger partial charge on any atom is -0.409 e. The summed E-state index contributed by atoms with van der Waals surface area (Å²) in [4.78, 5) is 4.72. The summed E-state index contributed by atoms with van der Waals surface area (Å²) in [5, 5.41) is 11.8. The molecule has 20 heavy (non-hydrogen) atoms. The Kier molecular flexibility index (Phi) is 4.49. The van der Waals surface area contributed by atoms with Gasteiger partial charge in [0.2, 0.25) is 0 Å². The van der Waals surface area contributed by atoms with E-state index in [0.29, 0.717) is 6.04 Å². The van der Waals surface area contributed by atoms with Crippen molar-refractivity contribution in [3.8, 4) is 0 Å².